The minimum absolute atomic E-state index is 0.0956. The van der Waals surface area contributed by atoms with Crippen molar-refractivity contribution in [3.63, 3.8) is 0 Å². The molecule has 3 nitrogen and oxygen atoms in total. The van der Waals surface area contributed by atoms with Crippen LogP contribution in [0.3, 0.4) is 0 Å². The third-order valence-electron chi connectivity index (χ3n) is 4.29. The Morgan fingerprint density at radius 1 is 1.17 bits per heavy atom. The van der Waals surface area contributed by atoms with Crippen LogP contribution in [-0.4, -0.2) is 43.3 Å². The molecule has 0 aromatic heterocycles. The van der Waals surface area contributed by atoms with E-state index in [1.807, 2.05) is 0 Å². The van der Waals surface area contributed by atoms with Gasteiger partial charge in [-0.1, -0.05) is 33.6 Å². The summed E-state index contributed by atoms with van der Waals surface area (Å²) < 4.78 is 5.45. The van der Waals surface area contributed by atoms with Gasteiger partial charge in [0.05, 0.1) is 5.60 Å². The molecule has 0 aromatic rings. The second kappa shape index (κ2) is 8.89. The Balaban J connectivity index is 4.15. The maximum absolute atomic E-state index is 6.21. The fourth-order valence-corrected chi connectivity index (χ4v) is 2.11. The van der Waals surface area contributed by atoms with Gasteiger partial charge < -0.3 is 15.4 Å². The van der Waals surface area contributed by atoms with Crippen molar-refractivity contribution in [2.75, 3.05) is 26.7 Å². The van der Waals surface area contributed by atoms with Crippen molar-refractivity contribution >= 4 is 0 Å². The van der Waals surface area contributed by atoms with Gasteiger partial charge in [0.15, 0.2) is 0 Å². The summed E-state index contributed by atoms with van der Waals surface area (Å²) in [4.78, 5) is 2.52. The molecule has 0 bridgehead atoms. The van der Waals surface area contributed by atoms with Crippen LogP contribution in [0.1, 0.15) is 53.9 Å². The normalized spacial score (nSPS) is 14.5. The van der Waals surface area contributed by atoms with E-state index in [2.05, 4.69) is 39.5 Å². The number of rotatable bonds is 10. The Morgan fingerprint density at radius 2 is 1.72 bits per heavy atom. The third-order valence-corrected chi connectivity index (χ3v) is 4.29. The molecule has 0 radical (unpaired) electrons. The van der Waals surface area contributed by atoms with Crippen molar-refractivity contribution in [2.45, 2.75) is 65.5 Å². The lowest BCUT2D eigenvalue weighted by atomic mass is 9.96. The first-order valence-corrected chi connectivity index (χ1v) is 7.44. The minimum atomic E-state index is -0.228. The molecule has 0 saturated carbocycles. The van der Waals surface area contributed by atoms with Gasteiger partial charge in [0.25, 0.3) is 0 Å². The lowest BCUT2D eigenvalue weighted by Gasteiger charge is -2.32. The molecule has 0 rings (SSSR count). The van der Waals surface area contributed by atoms with Crippen molar-refractivity contribution in [3.05, 3.63) is 0 Å². The van der Waals surface area contributed by atoms with Gasteiger partial charge in [0.1, 0.15) is 0 Å². The van der Waals surface area contributed by atoms with Crippen LogP contribution >= 0.6 is 0 Å². The molecule has 18 heavy (non-hydrogen) atoms. The maximum Gasteiger partial charge on any atom is 0.0773 e. The highest BCUT2D eigenvalue weighted by Crippen LogP contribution is 2.16. The van der Waals surface area contributed by atoms with Crippen molar-refractivity contribution < 1.29 is 4.74 Å². The van der Waals surface area contributed by atoms with Gasteiger partial charge in [-0.15, -0.1) is 0 Å². The second-order valence-corrected chi connectivity index (χ2v) is 5.78. The van der Waals surface area contributed by atoms with Crippen LogP contribution < -0.4 is 5.73 Å². The lowest BCUT2D eigenvalue weighted by molar-refractivity contribution is -0.00392. The number of hydrogen-bond donors (Lipinski definition) is 1. The van der Waals surface area contributed by atoms with Crippen molar-refractivity contribution in [1.82, 2.24) is 4.90 Å². The first-order chi connectivity index (χ1) is 8.41. The number of nitrogens with zero attached hydrogens (tertiary/aromatic N) is 1. The molecule has 0 saturated heterocycles. The van der Waals surface area contributed by atoms with E-state index in [9.17, 15) is 0 Å². The molecule has 0 aromatic carbocycles. The van der Waals surface area contributed by atoms with E-state index in [0.29, 0.717) is 0 Å². The predicted molar refractivity (Wildman–Crippen MR) is 79.9 cm³/mol. The summed E-state index contributed by atoms with van der Waals surface area (Å²) in [5.41, 5.74) is 5.98. The van der Waals surface area contributed by atoms with Crippen molar-refractivity contribution in [3.8, 4) is 0 Å². The summed E-state index contributed by atoms with van der Waals surface area (Å²) in [7, 11) is 1.74. The molecule has 110 valence electrons. The molecule has 0 heterocycles. The number of methoxy groups -OCH3 is 1. The van der Waals surface area contributed by atoms with Gasteiger partial charge in [-0.25, -0.2) is 0 Å². The first-order valence-electron chi connectivity index (χ1n) is 7.44. The van der Waals surface area contributed by atoms with Crippen LogP contribution in [0.2, 0.25) is 0 Å². The zero-order valence-corrected chi connectivity index (χ0v) is 13.3. The highest BCUT2D eigenvalue weighted by Gasteiger charge is 2.26. The third kappa shape index (κ3) is 6.17. The van der Waals surface area contributed by atoms with Crippen molar-refractivity contribution in [1.29, 1.82) is 0 Å². The Bertz CT molecular complexity index is 203. The van der Waals surface area contributed by atoms with Crippen LogP contribution in [0.15, 0.2) is 0 Å². The highest BCUT2D eigenvalue weighted by atomic mass is 16.5. The standard InChI is InChI=1S/C15H34N2O/c1-7-13(8-2)12-17(9-3)11-10-14(16)15(4,5)18-6/h13-14H,7-12,16H2,1-6H3. The number of nitrogens with two attached hydrogens (primary N) is 1. The van der Waals surface area contributed by atoms with E-state index >= 15 is 0 Å². The summed E-state index contributed by atoms with van der Waals surface area (Å²) in [6, 6.07) is 0.0956. The summed E-state index contributed by atoms with van der Waals surface area (Å²) in [6.45, 7) is 14.3. The lowest BCUT2D eigenvalue weighted by Crippen LogP contribution is -2.46. The van der Waals surface area contributed by atoms with Gasteiger partial charge in [-0.2, -0.15) is 0 Å². The molecule has 2 N–H and O–H groups in total. The molecular weight excluding hydrogens is 224 g/mol. The fraction of sp³-hybridized carbons (Fsp3) is 1.00. The molecule has 3 heteroatoms. The molecule has 1 unspecified atom stereocenters. The van der Waals surface area contributed by atoms with E-state index in [1.165, 1.54) is 19.4 Å². The molecule has 0 aliphatic rings. The highest BCUT2D eigenvalue weighted by molar-refractivity contribution is 4.83. The zero-order chi connectivity index (χ0) is 14.2. The number of ether oxygens (including phenoxy) is 1. The molecule has 0 aliphatic carbocycles. The summed E-state index contributed by atoms with van der Waals surface area (Å²) in [5, 5.41) is 0. The Hall–Kier alpha value is -0.120. The summed E-state index contributed by atoms with van der Waals surface area (Å²) in [6.07, 6.45) is 3.53. The Morgan fingerprint density at radius 3 is 2.11 bits per heavy atom. The van der Waals surface area contributed by atoms with Crippen LogP contribution in [-0.2, 0) is 4.74 Å². The van der Waals surface area contributed by atoms with Gasteiger partial charge in [-0.3, -0.25) is 0 Å². The largest absolute Gasteiger partial charge is 0.377 e. The SMILES string of the molecule is CCC(CC)CN(CC)CCC(N)C(C)(C)OC. The Kier molecular flexibility index (Phi) is 8.83. The van der Waals surface area contributed by atoms with Crippen molar-refractivity contribution in [2.24, 2.45) is 11.7 Å². The summed E-state index contributed by atoms with van der Waals surface area (Å²) >= 11 is 0. The molecule has 1 atom stereocenters. The monoisotopic (exact) mass is 258 g/mol. The Labute approximate surface area is 114 Å². The van der Waals surface area contributed by atoms with Gasteiger partial charge in [0.2, 0.25) is 0 Å². The van der Waals surface area contributed by atoms with E-state index in [1.54, 1.807) is 7.11 Å². The smallest absolute Gasteiger partial charge is 0.0773 e. The average Bonchev–Trinajstić information content (AvgIpc) is 2.38. The van der Waals surface area contributed by atoms with Crippen LogP contribution in [0.5, 0.6) is 0 Å². The second-order valence-electron chi connectivity index (χ2n) is 5.78. The zero-order valence-electron chi connectivity index (χ0n) is 13.3. The van der Waals surface area contributed by atoms with Crippen LogP contribution in [0, 0.1) is 5.92 Å². The van der Waals surface area contributed by atoms with Gasteiger partial charge in [0, 0.05) is 19.7 Å². The molecule has 0 spiro atoms. The summed E-state index contributed by atoms with van der Waals surface area (Å²) in [5.74, 6) is 0.816. The minimum Gasteiger partial charge on any atom is -0.377 e. The first kappa shape index (κ1) is 17.9. The average molecular weight is 258 g/mol. The van der Waals surface area contributed by atoms with Gasteiger partial charge in [-0.05, 0) is 39.3 Å². The van der Waals surface area contributed by atoms with E-state index < -0.39 is 0 Å². The topological polar surface area (TPSA) is 38.5 Å². The van der Waals surface area contributed by atoms with E-state index in [-0.39, 0.29) is 11.6 Å². The van der Waals surface area contributed by atoms with Crippen LogP contribution in [0.25, 0.3) is 0 Å². The number of hydrogen-bond acceptors (Lipinski definition) is 3. The fourth-order valence-electron chi connectivity index (χ4n) is 2.11. The molecule has 0 amide bonds. The molecular formula is C15H34N2O. The van der Waals surface area contributed by atoms with Crippen LogP contribution in [0.4, 0.5) is 0 Å². The maximum atomic E-state index is 6.21. The predicted octanol–water partition coefficient (Wildman–Crippen LogP) is 2.89. The van der Waals surface area contributed by atoms with Gasteiger partial charge >= 0.3 is 0 Å². The molecule has 0 fully saturated rings. The molecule has 0 aliphatic heterocycles. The van der Waals surface area contributed by atoms with E-state index in [0.717, 1.165) is 25.4 Å². The quantitative estimate of drug-likeness (QED) is 0.655. The van der Waals surface area contributed by atoms with E-state index in [4.69, 9.17) is 10.5 Å².